The highest BCUT2D eigenvalue weighted by atomic mass is 16.5. The molecular weight excluding hydrogens is 192 g/mol. The van der Waals surface area contributed by atoms with Gasteiger partial charge >= 0.3 is 0 Å². The highest BCUT2D eigenvalue weighted by molar-refractivity contribution is 5.78. The van der Waals surface area contributed by atoms with Crippen LogP contribution in [0, 0.1) is 0 Å². The van der Waals surface area contributed by atoms with Crippen LogP contribution < -0.4 is 5.32 Å². The van der Waals surface area contributed by atoms with Crippen molar-refractivity contribution in [1.29, 1.82) is 0 Å². The number of carbonyl (C=O) groups excluding carboxylic acids is 1. The van der Waals surface area contributed by atoms with Crippen LogP contribution in [0.1, 0.15) is 25.7 Å². The molecule has 1 heterocycles. The number of rotatable bonds is 4. The quantitative estimate of drug-likeness (QED) is 0.732. The van der Waals surface area contributed by atoms with Crippen LogP contribution in [0.2, 0.25) is 0 Å². The second kappa shape index (κ2) is 4.94. The van der Waals surface area contributed by atoms with Crippen LogP contribution in [0.3, 0.4) is 0 Å². The molecule has 0 unspecified atom stereocenters. The third-order valence-corrected chi connectivity index (χ3v) is 3.25. The first kappa shape index (κ1) is 10.9. The molecule has 0 bridgehead atoms. The Balaban J connectivity index is 1.65. The fourth-order valence-electron chi connectivity index (χ4n) is 1.92. The molecule has 1 saturated carbocycles. The molecule has 1 amide bonds. The van der Waals surface area contributed by atoms with Crippen LogP contribution >= 0.6 is 0 Å². The fourth-order valence-corrected chi connectivity index (χ4v) is 1.92. The second-order valence-corrected chi connectivity index (χ2v) is 4.50. The molecule has 0 radical (unpaired) electrons. The molecule has 2 fully saturated rings. The topological polar surface area (TPSA) is 41.6 Å². The first-order valence-electron chi connectivity index (χ1n) is 5.84. The van der Waals surface area contributed by atoms with Crippen molar-refractivity contribution in [2.24, 2.45) is 0 Å². The Labute approximate surface area is 91.0 Å². The van der Waals surface area contributed by atoms with Crippen molar-refractivity contribution in [2.45, 2.75) is 37.8 Å². The summed E-state index contributed by atoms with van der Waals surface area (Å²) in [6, 6.07) is 0.990. The van der Waals surface area contributed by atoms with Gasteiger partial charge in [-0.25, -0.2) is 0 Å². The Morgan fingerprint density at radius 2 is 2.00 bits per heavy atom. The molecule has 86 valence electrons. The van der Waals surface area contributed by atoms with Crippen molar-refractivity contribution in [1.82, 2.24) is 10.2 Å². The number of ether oxygens (including phenoxy) is 1. The van der Waals surface area contributed by atoms with Crippen molar-refractivity contribution in [3.63, 3.8) is 0 Å². The van der Waals surface area contributed by atoms with Crippen molar-refractivity contribution < 1.29 is 9.53 Å². The Morgan fingerprint density at radius 3 is 2.60 bits per heavy atom. The van der Waals surface area contributed by atoms with Crippen LogP contribution in [0.25, 0.3) is 0 Å². The summed E-state index contributed by atoms with van der Waals surface area (Å²) in [5, 5.41) is 3.31. The summed E-state index contributed by atoms with van der Waals surface area (Å²) in [5.41, 5.74) is 0. The van der Waals surface area contributed by atoms with Crippen LogP contribution in [-0.4, -0.2) is 49.7 Å². The molecule has 1 saturated heterocycles. The molecular formula is C11H20N2O2. The van der Waals surface area contributed by atoms with Gasteiger partial charge in [0.25, 0.3) is 0 Å². The average molecular weight is 212 g/mol. The summed E-state index contributed by atoms with van der Waals surface area (Å²) < 4.78 is 5.27. The van der Waals surface area contributed by atoms with E-state index in [0.29, 0.717) is 18.6 Å². The lowest BCUT2D eigenvalue weighted by Crippen LogP contribution is -2.42. The first-order chi connectivity index (χ1) is 7.27. The Hall–Kier alpha value is -0.610. The molecule has 4 heteroatoms. The van der Waals surface area contributed by atoms with Crippen LogP contribution in [-0.2, 0) is 9.53 Å². The number of hydrogen-bond donors (Lipinski definition) is 1. The Bertz CT molecular complexity index is 223. The number of nitrogens with zero attached hydrogens (tertiary/aromatic N) is 1. The van der Waals surface area contributed by atoms with E-state index in [1.54, 1.807) is 0 Å². The zero-order valence-electron chi connectivity index (χ0n) is 9.37. The van der Waals surface area contributed by atoms with E-state index in [9.17, 15) is 4.79 Å². The molecule has 0 spiro atoms. The van der Waals surface area contributed by atoms with Crippen molar-refractivity contribution in [2.75, 3.05) is 26.8 Å². The molecule has 1 aliphatic carbocycles. The van der Waals surface area contributed by atoms with Gasteiger partial charge in [-0.05, 0) is 25.7 Å². The minimum atomic E-state index is 0.226. The summed E-state index contributed by atoms with van der Waals surface area (Å²) in [6.45, 7) is 2.13. The summed E-state index contributed by atoms with van der Waals surface area (Å²) in [7, 11) is 1.91. The second-order valence-electron chi connectivity index (χ2n) is 4.50. The average Bonchev–Trinajstić information content (AvgIpc) is 3.10. The summed E-state index contributed by atoms with van der Waals surface area (Å²) in [4.78, 5) is 13.6. The fraction of sp³-hybridized carbons (Fsp3) is 0.909. The summed E-state index contributed by atoms with van der Waals surface area (Å²) in [5.74, 6) is 0.226. The monoisotopic (exact) mass is 212 g/mol. The highest BCUT2D eigenvalue weighted by Gasteiger charge is 2.29. The van der Waals surface area contributed by atoms with Crippen LogP contribution in [0.15, 0.2) is 0 Å². The van der Waals surface area contributed by atoms with Gasteiger partial charge in [0.15, 0.2) is 0 Å². The molecule has 2 aliphatic rings. The molecule has 4 nitrogen and oxygen atoms in total. The number of hydrogen-bond acceptors (Lipinski definition) is 3. The van der Waals surface area contributed by atoms with Gasteiger partial charge in [0.05, 0.1) is 6.54 Å². The van der Waals surface area contributed by atoms with Crippen LogP contribution in [0.5, 0.6) is 0 Å². The maximum Gasteiger partial charge on any atom is 0.236 e. The Morgan fingerprint density at radius 1 is 1.33 bits per heavy atom. The van der Waals surface area contributed by atoms with E-state index >= 15 is 0 Å². The molecule has 1 N–H and O–H groups in total. The number of carbonyl (C=O) groups is 1. The normalized spacial score (nSPS) is 22.7. The Kier molecular flexibility index (Phi) is 3.59. The molecule has 2 rings (SSSR count). The smallest absolute Gasteiger partial charge is 0.236 e. The van der Waals surface area contributed by atoms with Crippen molar-refractivity contribution in [3.05, 3.63) is 0 Å². The van der Waals surface area contributed by atoms with Gasteiger partial charge in [-0.3, -0.25) is 4.79 Å². The zero-order chi connectivity index (χ0) is 10.7. The van der Waals surface area contributed by atoms with E-state index in [1.807, 2.05) is 11.9 Å². The van der Waals surface area contributed by atoms with E-state index in [-0.39, 0.29) is 5.91 Å². The maximum atomic E-state index is 11.7. The lowest BCUT2D eigenvalue weighted by molar-refractivity contribution is -0.129. The van der Waals surface area contributed by atoms with Gasteiger partial charge in [-0.1, -0.05) is 0 Å². The van der Waals surface area contributed by atoms with Crippen molar-refractivity contribution >= 4 is 5.91 Å². The zero-order valence-corrected chi connectivity index (χ0v) is 9.37. The molecule has 0 atom stereocenters. The van der Waals surface area contributed by atoms with Crippen molar-refractivity contribution in [3.8, 4) is 0 Å². The van der Waals surface area contributed by atoms with Gasteiger partial charge in [0.1, 0.15) is 0 Å². The van der Waals surface area contributed by atoms with Crippen LogP contribution in [0.4, 0.5) is 0 Å². The lowest BCUT2D eigenvalue weighted by Gasteiger charge is -2.24. The summed E-state index contributed by atoms with van der Waals surface area (Å²) >= 11 is 0. The molecule has 0 aromatic rings. The third kappa shape index (κ3) is 3.18. The highest BCUT2D eigenvalue weighted by Crippen LogP contribution is 2.25. The minimum absolute atomic E-state index is 0.226. The van der Waals surface area contributed by atoms with E-state index < -0.39 is 0 Å². The standard InChI is InChI=1S/C11H20N2O2/c1-13(10-2-3-10)11(14)8-12-9-4-6-15-7-5-9/h9-10,12H,2-8H2,1H3. The molecule has 0 aromatic heterocycles. The predicted octanol–water partition coefficient (Wildman–Crippen LogP) is 0.376. The maximum absolute atomic E-state index is 11.7. The number of likely N-dealkylation sites (N-methyl/N-ethyl adjacent to an activating group) is 1. The molecule has 0 aromatic carbocycles. The van der Waals surface area contributed by atoms with Gasteiger partial charge in [-0.2, -0.15) is 0 Å². The van der Waals surface area contributed by atoms with E-state index in [1.165, 1.54) is 12.8 Å². The number of nitrogens with one attached hydrogen (secondary N) is 1. The van der Waals surface area contributed by atoms with E-state index in [2.05, 4.69) is 5.32 Å². The van der Waals surface area contributed by atoms with Gasteiger partial charge < -0.3 is 15.0 Å². The predicted molar refractivity (Wildman–Crippen MR) is 57.6 cm³/mol. The SMILES string of the molecule is CN(C(=O)CNC1CCOCC1)C1CC1. The first-order valence-corrected chi connectivity index (χ1v) is 5.84. The molecule has 1 aliphatic heterocycles. The van der Waals surface area contributed by atoms with Gasteiger partial charge in [0.2, 0.25) is 5.91 Å². The van der Waals surface area contributed by atoms with Gasteiger partial charge in [-0.15, -0.1) is 0 Å². The molecule has 15 heavy (non-hydrogen) atoms. The third-order valence-electron chi connectivity index (χ3n) is 3.25. The van der Waals surface area contributed by atoms with Gasteiger partial charge in [0, 0.05) is 32.3 Å². The largest absolute Gasteiger partial charge is 0.381 e. The van der Waals surface area contributed by atoms with E-state index in [0.717, 1.165) is 26.1 Å². The van der Waals surface area contributed by atoms with E-state index in [4.69, 9.17) is 4.74 Å². The number of amides is 1. The summed E-state index contributed by atoms with van der Waals surface area (Å²) in [6.07, 6.45) is 4.42. The minimum Gasteiger partial charge on any atom is -0.381 e. The lowest BCUT2D eigenvalue weighted by atomic mass is 10.1.